The van der Waals surface area contributed by atoms with E-state index in [0.717, 1.165) is 54.8 Å². The van der Waals surface area contributed by atoms with Crippen molar-refractivity contribution in [1.29, 1.82) is 0 Å². The number of aliphatic hydroxyl groups excluding tert-OH is 2. The first kappa shape index (κ1) is 22.1. The van der Waals surface area contributed by atoms with Crippen LogP contribution < -0.4 is 0 Å². The van der Waals surface area contributed by atoms with Crippen molar-refractivity contribution >= 4 is 0 Å². The molecule has 0 aromatic heterocycles. The highest BCUT2D eigenvalue weighted by atomic mass is 16.3. The van der Waals surface area contributed by atoms with Crippen molar-refractivity contribution in [3.8, 4) is 0 Å². The zero-order valence-electron chi connectivity index (χ0n) is 19.9. The summed E-state index contributed by atoms with van der Waals surface area (Å²) < 4.78 is 0. The molecule has 0 spiro atoms. The lowest BCUT2D eigenvalue weighted by atomic mass is 9.44. The number of rotatable bonds is 5. The van der Waals surface area contributed by atoms with E-state index in [4.69, 9.17) is 0 Å². The van der Waals surface area contributed by atoms with Gasteiger partial charge in [-0.25, -0.2) is 0 Å². The van der Waals surface area contributed by atoms with E-state index in [1.165, 1.54) is 51.4 Å². The number of aliphatic hydroxyl groups is 2. The summed E-state index contributed by atoms with van der Waals surface area (Å²) in [5, 5.41) is 20.6. The average Bonchev–Trinajstić information content (AvgIpc) is 3.03. The Morgan fingerprint density at radius 3 is 2.24 bits per heavy atom. The number of hydrogen-bond donors (Lipinski definition) is 2. The van der Waals surface area contributed by atoms with Crippen LogP contribution in [0.4, 0.5) is 0 Å². The van der Waals surface area contributed by atoms with Crippen molar-refractivity contribution in [2.45, 2.75) is 117 Å². The fourth-order valence-electron chi connectivity index (χ4n) is 9.18. The molecule has 4 rings (SSSR count). The Hall–Kier alpha value is -0.0800. The molecule has 0 heterocycles. The molecule has 29 heavy (non-hydrogen) atoms. The molecular formula is C27H48O2. The molecule has 2 nitrogen and oxygen atoms in total. The van der Waals surface area contributed by atoms with E-state index in [2.05, 4.69) is 34.6 Å². The summed E-state index contributed by atoms with van der Waals surface area (Å²) >= 11 is 0. The largest absolute Gasteiger partial charge is 0.393 e. The van der Waals surface area contributed by atoms with Crippen LogP contribution >= 0.6 is 0 Å². The smallest absolute Gasteiger partial charge is 0.0563 e. The Bertz CT molecular complexity index is 573. The van der Waals surface area contributed by atoms with Crippen molar-refractivity contribution in [2.75, 3.05) is 0 Å². The first-order valence-electron chi connectivity index (χ1n) is 13.0. The van der Waals surface area contributed by atoms with Gasteiger partial charge in [-0.05, 0) is 123 Å². The van der Waals surface area contributed by atoms with Gasteiger partial charge < -0.3 is 10.2 Å². The van der Waals surface area contributed by atoms with Crippen LogP contribution in [0.5, 0.6) is 0 Å². The molecule has 4 saturated carbocycles. The van der Waals surface area contributed by atoms with Gasteiger partial charge in [-0.3, -0.25) is 0 Å². The summed E-state index contributed by atoms with van der Waals surface area (Å²) in [6.45, 7) is 12.0. The van der Waals surface area contributed by atoms with Gasteiger partial charge in [0.1, 0.15) is 0 Å². The maximum Gasteiger partial charge on any atom is 0.0563 e. The lowest BCUT2D eigenvalue weighted by molar-refractivity contribution is -0.129. The van der Waals surface area contributed by atoms with E-state index < -0.39 is 0 Å². The van der Waals surface area contributed by atoms with E-state index in [1.54, 1.807) is 0 Å². The van der Waals surface area contributed by atoms with Gasteiger partial charge in [0.25, 0.3) is 0 Å². The van der Waals surface area contributed by atoms with Crippen molar-refractivity contribution in [2.24, 2.45) is 52.3 Å². The second-order valence-corrected chi connectivity index (χ2v) is 12.7. The van der Waals surface area contributed by atoms with Crippen LogP contribution in [0.1, 0.15) is 105 Å². The maximum atomic E-state index is 10.3. The predicted octanol–water partition coefficient (Wildman–Crippen LogP) is 6.44. The van der Waals surface area contributed by atoms with Gasteiger partial charge >= 0.3 is 0 Å². The lowest BCUT2D eigenvalue weighted by Gasteiger charge is -2.61. The molecule has 2 N–H and O–H groups in total. The Morgan fingerprint density at radius 2 is 1.52 bits per heavy atom. The predicted molar refractivity (Wildman–Crippen MR) is 120 cm³/mol. The molecule has 0 radical (unpaired) electrons. The Morgan fingerprint density at radius 1 is 0.828 bits per heavy atom. The van der Waals surface area contributed by atoms with Gasteiger partial charge in [-0.1, -0.05) is 34.6 Å². The highest BCUT2D eigenvalue weighted by molar-refractivity contribution is 5.09. The second-order valence-electron chi connectivity index (χ2n) is 12.7. The van der Waals surface area contributed by atoms with E-state index in [0.29, 0.717) is 16.7 Å². The van der Waals surface area contributed by atoms with E-state index in [-0.39, 0.29) is 12.2 Å². The van der Waals surface area contributed by atoms with Crippen LogP contribution in [-0.4, -0.2) is 22.4 Å². The van der Waals surface area contributed by atoms with Crippen LogP contribution in [-0.2, 0) is 0 Å². The molecule has 0 aromatic rings. The standard InChI is InChI=1S/C27H48O2/c1-17(2)25(29)11-6-18(3)22-9-10-23-21-8-7-19-16-20(28)12-14-26(19,4)24(21)13-15-27(22,23)5/h17-25,28-29H,6-16H2,1-5H3/t18-,19+,20+,21+,22-,23+,24+,25+,26+,27-/m1/s1. The number of fused-ring (bicyclic) bond motifs is 5. The van der Waals surface area contributed by atoms with Crippen molar-refractivity contribution in [3.63, 3.8) is 0 Å². The molecular weight excluding hydrogens is 356 g/mol. The fourth-order valence-corrected chi connectivity index (χ4v) is 9.18. The molecule has 2 heteroatoms. The minimum atomic E-state index is -0.130. The molecule has 4 aliphatic rings. The Labute approximate surface area is 180 Å². The molecule has 10 atom stereocenters. The third kappa shape index (κ3) is 3.73. The lowest BCUT2D eigenvalue weighted by Crippen LogP contribution is -2.54. The van der Waals surface area contributed by atoms with Crippen LogP contribution in [0.3, 0.4) is 0 Å². The molecule has 0 bridgehead atoms. The molecule has 0 unspecified atom stereocenters. The minimum Gasteiger partial charge on any atom is -0.393 e. The summed E-state index contributed by atoms with van der Waals surface area (Å²) in [5.74, 6) is 5.51. The highest BCUT2D eigenvalue weighted by Crippen LogP contribution is 2.68. The molecule has 0 aromatic carbocycles. The van der Waals surface area contributed by atoms with Crippen LogP contribution in [0, 0.1) is 52.3 Å². The van der Waals surface area contributed by atoms with Crippen molar-refractivity contribution in [3.05, 3.63) is 0 Å². The summed E-state index contributed by atoms with van der Waals surface area (Å²) in [6.07, 6.45) is 13.9. The van der Waals surface area contributed by atoms with Crippen molar-refractivity contribution < 1.29 is 10.2 Å². The van der Waals surface area contributed by atoms with E-state index >= 15 is 0 Å². The zero-order valence-corrected chi connectivity index (χ0v) is 19.9. The van der Waals surface area contributed by atoms with Gasteiger partial charge in [0.15, 0.2) is 0 Å². The van der Waals surface area contributed by atoms with Crippen molar-refractivity contribution in [1.82, 2.24) is 0 Å². The molecule has 168 valence electrons. The topological polar surface area (TPSA) is 40.5 Å². The summed E-state index contributed by atoms with van der Waals surface area (Å²) in [5.41, 5.74) is 1.02. The van der Waals surface area contributed by atoms with Gasteiger partial charge in [0.2, 0.25) is 0 Å². The third-order valence-electron chi connectivity index (χ3n) is 11.1. The third-order valence-corrected chi connectivity index (χ3v) is 11.1. The summed E-state index contributed by atoms with van der Waals surface area (Å²) in [7, 11) is 0. The van der Waals surface area contributed by atoms with Crippen LogP contribution in [0.2, 0.25) is 0 Å². The highest BCUT2D eigenvalue weighted by Gasteiger charge is 2.60. The van der Waals surface area contributed by atoms with Crippen LogP contribution in [0.25, 0.3) is 0 Å². The monoisotopic (exact) mass is 404 g/mol. The zero-order chi connectivity index (χ0) is 21.0. The Balaban J connectivity index is 1.46. The first-order valence-corrected chi connectivity index (χ1v) is 13.0. The van der Waals surface area contributed by atoms with Gasteiger partial charge in [0, 0.05) is 0 Å². The normalized spacial score (nSPS) is 49.2. The quantitative estimate of drug-likeness (QED) is 0.553. The molecule has 4 fully saturated rings. The van der Waals surface area contributed by atoms with Crippen LogP contribution in [0.15, 0.2) is 0 Å². The molecule has 0 amide bonds. The SMILES string of the molecule is CC(C)[C@@H](O)CC[C@@H](C)[C@H]1CC[C@H]2[C@@H]3CC[C@H]4C[C@@H](O)CC[C@]4(C)[C@H]3CC[C@]12C. The van der Waals surface area contributed by atoms with Gasteiger partial charge in [-0.2, -0.15) is 0 Å². The fraction of sp³-hybridized carbons (Fsp3) is 1.00. The Kier molecular flexibility index (Phi) is 6.19. The molecule has 0 aliphatic heterocycles. The van der Waals surface area contributed by atoms with E-state index in [1.807, 2.05) is 0 Å². The summed E-state index contributed by atoms with van der Waals surface area (Å²) in [6, 6.07) is 0. The van der Waals surface area contributed by atoms with Gasteiger partial charge in [0.05, 0.1) is 12.2 Å². The first-order chi connectivity index (χ1) is 13.7. The summed E-state index contributed by atoms with van der Waals surface area (Å²) in [4.78, 5) is 0. The average molecular weight is 405 g/mol. The molecule has 0 saturated heterocycles. The van der Waals surface area contributed by atoms with E-state index in [9.17, 15) is 10.2 Å². The maximum absolute atomic E-state index is 10.3. The van der Waals surface area contributed by atoms with Gasteiger partial charge in [-0.15, -0.1) is 0 Å². The molecule has 4 aliphatic carbocycles. The minimum absolute atomic E-state index is 0.0311. The second kappa shape index (κ2) is 8.12. The number of hydrogen-bond acceptors (Lipinski definition) is 2.